The van der Waals surface area contributed by atoms with Gasteiger partial charge in [-0.1, -0.05) is 6.07 Å². The third kappa shape index (κ3) is 3.25. The van der Waals surface area contributed by atoms with E-state index < -0.39 is 0 Å². The minimum atomic E-state index is -0.218. The molecule has 5 heteroatoms. The quantitative estimate of drug-likeness (QED) is 0.782. The number of aryl methyl sites for hydroxylation is 1. The van der Waals surface area contributed by atoms with Crippen LogP contribution in [0.25, 0.3) is 10.7 Å². The number of hydrogen-bond acceptors (Lipinski definition) is 4. The van der Waals surface area contributed by atoms with Crippen molar-refractivity contribution in [1.29, 1.82) is 0 Å². The van der Waals surface area contributed by atoms with Crippen LogP contribution in [0.3, 0.4) is 0 Å². The Morgan fingerprint density at radius 3 is 2.90 bits per heavy atom. The van der Waals surface area contributed by atoms with Crippen LogP contribution in [0, 0.1) is 12.7 Å². The van der Waals surface area contributed by atoms with E-state index in [2.05, 4.69) is 15.3 Å². The van der Waals surface area contributed by atoms with Crippen LogP contribution in [0.2, 0.25) is 0 Å². The van der Waals surface area contributed by atoms with Crippen LogP contribution >= 0.6 is 11.3 Å². The fraction of sp³-hybridized carbons (Fsp3) is 0.125. The summed E-state index contributed by atoms with van der Waals surface area (Å²) in [6, 6.07) is 10.5. The number of thiazole rings is 1. The second-order valence-corrected chi connectivity index (χ2v) is 5.53. The standard InChI is InChI=1S/C16H14FN3S/c1-11-8-12(17)5-6-14(11)19-9-13-10-21-16(20-13)15-4-2-3-7-18-15/h2-8,10,19H,9H2,1H3. The second-order valence-electron chi connectivity index (χ2n) is 4.67. The van der Waals surface area contributed by atoms with E-state index in [1.807, 2.05) is 30.5 Å². The fourth-order valence-corrected chi connectivity index (χ4v) is 2.80. The second kappa shape index (κ2) is 6.01. The molecule has 1 aromatic carbocycles. The van der Waals surface area contributed by atoms with Crippen LogP contribution in [0.4, 0.5) is 10.1 Å². The highest BCUT2D eigenvalue weighted by Gasteiger charge is 2.06. The van der Waals surface area contributed by atoms with Crippen LogP contribution in [0.1, 0.15) is 11.3 Å². The molecule has 0 aliphatic rings. The molecule has 0 saturated heterocycles. The molecule has 106 valence electrons. The van der Waals surface area contributed by atoms with E-state index >= 15 is 0 Å². The third-order valence-corrected chi connectivity index (χ3v) is 4.00. The van der Waals surface area contributed by atoms with E-state index in [-0.39, 0.29) is 5.82 Å². The van der Waals surface area contributed by atoms with Gasteiger partial charge in [0.15, 0.2) is 0 Å². The van der Waals surface area contributed by atoms with Crippen molar-refractivity contribution < 1.29 is 4.39 Å². The van der Waals surface area contributed by atoms with Crippen LogP contribution < -0.4 is 5.32 Å². The van der Waals surface area contributed by atoms with Gasteiger partial charge in [0, 0.05) is 17.3 Å². The number of nitrogens with one attached hydrogen (secondary N) is 1. The number of benzene rings is 1. The summed E-state index contributed by atoms with van der Waals surface area (Å²) in [5.41, 5.74) is 3.63. The summed E-state index contributed by atoms with van der Waals surface area (Å²) in [4.78, 5) is 8.85. The monoisotopic (exact) mass is 299 g/mol. The zero-order valence-electron chi connectivity index (χ0n) is 11.5. The lowest BCUT2D eigenvalue weighted by atomic mass is 10.2. The summed E-state index contributed by atoms with van der Waals surface area (Å²) in [5, 5.41) is 6.19. The number of anilines is 1. The molecule has 2 aromatic heterocycles. The SMILES string of the molecule is Cc1cc(F)ccc1NCc1csc(-c2ccccn2)n1. The molecule has 0 spiro atoms. The maximum atomic E-state index is 13.1. The number of aromatic nitrogens is 2. The molecule has 0 aliphatic heterocycles. The summed E-state index contributed by atoms with van der Waals surface area (Å²) in [7, 11) is 0. The maximum absolute atomic E-state index is 13.1. The van der Waals surface area contributed by atoms with E-state index in [1.165, 1.54) is 12.1 Å². The first-order valence-corrected chi connectivity index (χ1v) is 7.46. The van der Waals surface area contributed by atoms with E-state index in [4.69, 9.17) is 0 Å². The number of halogens is 1. The molecule has 3 nitrogen and oxygen atoms in total. The molecule has 0 aliphatic carbocycles. The van der Waals surface area contributed by atoms with Gasteiger partial charge in [0.05, 0.1) is 17.9 Å². The topological polar surface area (TPSA) is 37.8 Å². The molecular formula is C16H14FN3S. The van der Waals surface area contributed by atoms with E-state index in [0.717, 1.165) is 27.6 Å². The fourth-order valence-electron chi connectivity index (χ4n) is 2.01. The Kier molecular flexibility index (Phi) is 3.92. The van der Waals surface area contributed by atoms with Gasteiger partial charge in [-0.15, -0.1) is 11.3 Å². The van der Waals surface area contributed by atoms with Crippen molar-refractivity contribution in [1.82, 2.24) is 9.97 Å². The summed E-state index contributed by atoms with van der Waals surface area (Å²) >= 11 is 1.57. The lowest BCUT2D eigenvalue weighted by molar-refractivity contribution is 0.627. The van der Waals surface area contributed by atoms with Crippen LogP contribution in [-0.2, 0) is 6.54 Å². The van der Waals surface area contributed by atoms with Crippen molar-refractivity contribution in [2.75, 3.05) is 5.32 Å². The minimum absolute atomic E-state index is 0.218. The lowest BCUT2D eigenvalue weighted by Crippen LogP contribution is -2.01. The van der Waals surface area contributed by atoms with Gasteiger partial charge in [0.2, 0.25) is 0 Å². The van der Waals surface area contributed by atoms with Crippen molar-refractivity contribution in [3.8, 4) is 10.7 Å². The highest BCUT2D eigenvalue weighted by atomic mass is 32.1. The Morgan fingerprint density at radius 1 is 1.24 bits per heavy atom. The molecule has 3 aromatic rings. The third-order valence-electron chi connectivity index (χ3n) is 3.08. The molecule has 0 saturated carbocycles. The molecule has 0 fully saturated rings. The highest BCUT2D eigenvalue weighted by Crippen LogP contribution is 2.22. The Balaban J connectivity index is 1.70. The van der Waals surface area contributed by atoms with Gasteiger partial charge in [-0.05, 0) is 42.8 Å². The van der Waals surface area contributed by atoms with E-state index in [1.54, 1.807) is 23.6 Å². The predicted octanol–water partition coefficient (Wildman–Crippen LogP) is 4.26. The van der Waals surface area contributed by atoms with Gasteiger partial charge in [-0.2, -0.15) is 0 Å². The number of rotatable bonds is 4. The highest BCUT2D eigenvalue weighted by molar-refractivity contribution is 7.13. The molecule has 2 heterocycles. The smallest absolute Gasteiger partial charge is 0.142 e. The molecule has 0 atom stereocenters. The summed E-state index contributed by atoms with van der Waals surface area (Å²) in [6.07, 6.45) is 1.76. The largest absolute Gasteiger partial charge is 0.379 e. The molecule has 3 rings (SSSR count). The minimum Gasteiger partial charge on any atom is -0.379 e. The van der Waals surface area contributed by atoms with Gasteiger partial charge in [0.25, 0.3) is 0 Å². The number of pyridine rings is 1. The normalized spacial score (nSPS) is 10.6. The molecule has 0 unspecified atom stereocenters. The maximum Gasteiger partial charge on any atom is 0.142 e. The van der Waals surface area contributed by atoms with Crippen molar-refractivity contribution in [2.45, 2.75) is 13.5 Å². The first kappa shape index (κ1) is 13.7. The molecule has 1 N–H and O–H groups in total. The van der Waals surface area contributed by atoms with Gasteiger partial charge in [0.1, 0.15) is 10.8 Å². The molecule has 0 amide bonds. The Bertz CT molecular complexity index is 740. The Hall–Kier alpha value is -2.27. The predicted molar refractivity (Wildman–Crippen MR) is 83.8 cm³/mol. The first-order valence-electron chi connectivity index (χ1n) is 6.58. The van der Waals surface area contributed by atoms with E-state index in [0.29, 0.717) is 6.54 Å². The average molecular weight is 299 g/mol. The van der Waals surface area contributed by atoms with Crippen molar-refractivity contribution in [3.05, 3.63) is 65.0 Å². The summed E-state index contributed by atoms with van der Waals surface area (Å²) in [5.74, 6) is -0.218. The van der Waals surface area contributed by atoms with Gasteiger partial charge < -0.3 is 5.32 Å². The molecule has 0 bridgehead atoms. The number of hydrogen-bond donors (Lipinski definition) is 1. The average Bonchev–Trinajstić information content (AvgIpc) is 2.96. The lowest BCUT2D eigenvalue weighted by Gasteiger charge is -2.07. The Morgan fingerprint density at radius 2 is 2.14 bits per heavy atom. The molecular weight excluding hydrogens is 285 g/mol. The van der Waals surface area contributed by atoms with Gasteiger partial charge >= 0.3 is 0 Å². The van der Waals surface area contributed by atoms with Crippen molar-refractivity contribution in [2.24, 2.45) is 0 Å². The zero-order valence-corrected chi connectivity index (χ0v) is 12.3. The first-order chi connectivity index (χ1) is 10.2. The van der Waals surface area contributed by atoms with Crippen molar-refractivity contribution in [3.63, 3.8) is 0 Å². The molecule has 0 radical (unpaired) electrons. The number of nitrogens with zero attached hydrogens (tertiary/aromatic N) is 2. The van der Waals surface area contributed by atoms with E-state index in [9.17, 15) is 4.39 Å². The van der Waals surface area contributed by atoms with Gasteiger partial charge in [-0.3, -0.25) is 4.98 Å². The van der Waals surface area contributed by atoms with Crippen molar-refractivity contribution >= 4 is 17.0 Å². The van der Waals surface area contributed by atoms with Crippen LogP contribution in [0.5, 0.6) is 0 Å². The van der Waals surface area contributed by atoms with Crippen LogP contribution in [-0.4, -0.2) is 9.97 Å². The summed E-state index contributed by atoms with van der Waals surface area (Å²) in [6.45, 7) is 2.49. The van der Waals surface area contributed by atoms with Crippen LogP contribution in [0.15, 0.2) is 48.0 Å². The van der Waals surface area contributed by atoms with Gasteiger partial charge in [-0.25, -0.2) is 9.37 Å². The Labute approximate surface area is 126 Å². The molecule has 21 heavy (non-hydrogen) atoms. The zero-order chi connectivity index (χ0) is 14.7. The summed E-state index contributed by atoms with van der Waals surface area (Å²) < 4.78 is 13.1.